The third-order valence-corrected chi connectivity index (χ3v) is 3.80. The first-order valence-electron chi connectivity index (χ1n) is 4.84. The number of benzene rings is 1. The van der Waals surface area contributed by atoms with Crippen molar-refractivity contribution in [2.24, 2.45) is 0 Å². The van der Waals surface area contributed by atoms with Gasteiger partial charge in [-0.15, -0.1) is 11.3 Å². The molecule has 1 heterocycles. The van der Waals surface area contributed by atoms with Crippen molar-refractivity contribution in [1.29, 1.82) is 0 Å². The Balaban J connectivity index is 2.42. The molecule has 1 aromatic carbocycles. The van der Waals surface area contributed by atoms with Gasteiger partial charge in [0.05, 0.1) is 22.0 Å². The molecule has 1 aromatic heterocycles. The van der Waals surface area contributed by atoms with Gasteiger partial charge in [0.15, 0.2) is 0 Å². The van der Waals surface area contributed by atoms with Gasteiger partial charge in [0.2, 0.25) is 5.78 Å². The van der Waals surface area contributed by atoms with Crippen molar-refractivity contribution < 1.29 is 18.3 Å². The average molecular weight is 333 g/mol. The van der Waals surface area contributed by atoms with E-state index in [1.54, 1.807) is 5.38 Å². The molecule has 0 aliphatic rings. The maximum Gasteiger partial charge on any atom is 0.206 e. The largest absolute Gasteiger partial charge is 0.496 e. The summed E-state index contributed by atoms with van der Waals surface area (Å²) in [6, 6.07) is 3.31. The standard InChI is InChI=1S/C12H7BrF2O2S/c1-17-6-2-11(18-5-6)12(16)7-3-10(15)8(13)4-9(7)14/h2-5H,1H3. The third-order valence-electron chi connectivity index (χ3n) is 2.29. The Kier molecular flexibility index (Phi) is 3.77. The molecule has 0 saturated heterocycles. The Morgan fingerprint density at radius 2 is 2.00 bits per heavy atom. The minimum Gasteiger partial charge on any atom is -0.496 e. The number of hydrogen-bond donors (Lipinski definition) is 0. The van der Waals surface area contributed by atoms with E-state index in [1.165, 1.54) is 13.2 Å². The van der Waals surface area contributed by atoms with Gasteiger partial charge in [0.1, 0.15) is 17.4 Å². The Hall–Kier alpha value is -1.27. The summed E-state index contributed by atoms with van der Waals surface area (Å²) < 4.78 is 31.9. The van der Waals surface area contributed by atoms with E-state index in [2.05, 4.69) is 15.9 Å². The highest BCUT2D eigenvalue weighted by molar-refractivity contribution is 9.10. The van der Waals surface area contributed by atoms with Crippen molar-refractivity contribution in [2.45, 2.75) is 0 Å². The predicted molar refractivity (Wildman–Crippen MR) is 68.4 cm³/mol. The van der Waals surface area contributed by atoms with Crippen LogP contribution >= 0.6 is 27.3 Å². The Bertz CT molecular complexity index is 610. The molecule has 0 spiro atoms. The number of ketones is 1. The molecule has 2 nitrogen and oxygen atoms in total. The number of carbonyl (C=O) groups is 1. The molecular formula is C12H7BrF2O2S. The van der Waals surface area contributed by atoms with Crippen molar-refractivity contribution >= 4 is 33.0 Å². The highest BCUT2D eigenvalue weighted by Gasteiger charge is 2.18. The van der Waals surface area contributed by atoms with E-state index in [0.717, 1.165) is 23.5 Å². The second kappa shape index (κ2) is 5.16. The fraction of sp³-hybridized carbons (Fsp3) is 0.0833. The summed E-state index contributed by atoms with van der Waals surface area (Å²) in [5.41, 5.74) is -0.291. The molecule has 0 bridgehead atoms. The van der Waals surface area contributed by atoms with E-state index in [0.29, 0.717) is 10.6 Å². The molecule has 0 N–H and O–H groups in total. The molecule has 0 aliphatic carbocycles. The fourth-order valence-electron chi connectivity index (χ4n) is 1.37. The van der Waals surface area contributed by atoms with E-state index >= 15 is 0 Å². The topological polar surface area (TPSA) is 26.3 Å². The number of rotatable bonds is 3. The monoisotopic (exact) mass is 332 g/mol. The highest BCUT2D eigenvalue weighted by atomic mass is 79.9. The Morgan fingerprint density at radius 3 is 2.61 bits per heavy atom. The van der Waals surface area contributed by atoms with Gasteiger partial charge in [0, 0.05) is 11.4 Å². The molecule has 0 radical (unpaired) electrons. The minimum absolute atomic E-state index is 0.0136. The maximum absolute atomic E-state index is 13.6. The number of halogens is 3. The number of ether oxygens (including phenoxy) is 1. The van der Waals surface area contributed by atoms with Crippen LogP contribution in [0.4, 0.5) is 8.78 Å². The summed E-state index contributed by atoms with van der Waals surface area (Å²) >= 11 is 3.98. The van der Waals surface area contributed by atoms with Crippen molar-refractivity contribution in [2.75, 3.05) is 7.11 Å². The number of methoxy groups -OCH3 is 1. The molecule has 0 unspecified atom stereocenters. The van der Waals surface area contributed by atoms with E-state index in [9.17, 15) is 13.6 Å². The lowest BCUT2D eigenvalue weighted by molar-refractivity contribution is 0.103. The van der Waals surface area contributed by atoms with Crippen LogP contribution in [0.3, 0.4) is 0 Å². The lowest BCUT2D eigenvalue weighted by Crippen LogP contribution is -2.03. The minimum atomic E-state index is -0.763. The molecule has 94 valence electrons. The highest BCUT2D eigenvalue weighted by Crippen LogP contribution is 2.26. The number of thiophene rings is 1. The molecule has 0 atom stereocenters. The maximum atomic E-state index is 13.6. The second-order valence-electron chi connectivity index (χ2n) is 3.43. The van der Waals surface area contributed by atoms with Crippen LogP contribution in [0.2, 0.25) is 0 Å². The molecule has 2 rings (SSSR count). The van der Waals surface area contributed by atoms with Crippen LogP contribution in [0.15, 0.2) is 28.1 Å². The first-order valence-corrected chi connectivity index (χ1v) is 6.52. The van der Waals surface area contributed by atoms with Gasteiger partial charge >= 0.3 is 0 Å². The van der Waals surface area contributed by atoms with Crippen molar-refractivity contribution in [3.8, 4) is 5.75 Å². The van der Waals surface area contributed by atoms with Crippen LogP contribution in [0.25, 0.3) is 0 Å². The summed E-state index contributed by atoms with van der Waals surface area (Å²) in [7, 11) is 1.47. The van der Waals surface area contributed by atoms with Crippen LogP contribution in [-0.4, -0.2) is 12.9 Å². The van der Waals surface area contributed by atoms with E-state index in [1.807, 2.05) is 0 Å². The first-order chi connectivity index (χ1) is 8.52. The Labute approximate surface area is 114 Å². The zero-order chi connectivity index (χ0) is 13.3. The van der Waals surface area contributed by atoms with Gasteiger partial charge < -0.3 is 4.74 Å². The SMILES string of the molecule is COc1csc(C(=O)c2cc(F)c(Br)cc2F)c1. The van der Waals surface area contributed by atoms with E-state index in [-0.39, 0.29) is 10.0 Å². The molecule has 0 saturated carbocycles. The Morgan fingerprint density at radius 1 is 1.28 bits per heavy atom. The molecular weight excluding hydrogens is 326 g/mol. The van der Waals surface area contributed by atoms with Crippen LogP contribution in [0.5, 0.6) is 5.75 Å². The molecule has 6 heteroatoms. The van der Waals surface area contributed by atoms with Crippen molar-refractivity contribution in [3.05, 3.63) is 50.1 Å². The van der Waals surface area contributed by atoms with Gasteiger partial charge in [-0.05, 0) is 28.1 Å². The summed E-state index contributed by atoms with van der Waals surface area (Å²) in [6.45, 7) is 0. The number of hydrogen-bond acceptors (Lipinski definition) is 3. The number of carbonyl (C=O) groups excluding carboxylic acids is 1. The van der Waals surface area contributed by atoms with Crippen LogP contribution in [0, 0.1) is 11.6 Å². The molecule has 18 heavy (non-hydrogen) atoms. The molecule has 0 fully saturated rings. The third kappa shape index (κ3) is 2.44. The molecule has 0 aliphatic heterocycles. The molecule has 0 amide bonds. The van der Waals surface area contributed by atoms with Crippen LogP contribution in [0.1, 0.15) is 15.2 Å². The molecule has 2 aromatic rings. The summed E-state index contributed by atoms with van der Waals surface area (Å²) in [6.07, 6.45) is 0. The zero-order valence-corrected chi connectivity index (χ0v) is 11.6. The van der Waals surface area contributed by atoms with Crippen molar-refractivity contribution in [3.63, 3.8) is 0 Å². The van der Waals surface area contributed by atoms with Gasteiger partial charge in [0.25, 0.3) is 0 Å². The second-order valence-corrected chi connectivity index (χ2v) is 5.19. The van der Waals surface area contributed by atoms with E-state index < -0.39 is 17.4 Å². The lowest BCUT2D eigenvalue weighted by atomic mass is 10.1. The van der Waals surface area contributed by atoms with Gasteiger partial charge in [-0.3, -0.25) is 4.79 Å². The van der Waals surface area contributed by atoms with Gasteiger partial charge in [-0.1, -0.05) is 0 Å². The predicted octanol–water partition coefficient (Wildman–Crippen LogP) is 4.03. The van der Waals surface area contributed by atoms with Gasteiger partial charge in [-0.2, -0.15) is 0 Å². The average Bonchev–Trinajstić information content (AvgIpc) is 2.81. The van der Waals surface area contributed by atoms with Gasteiger partial charge in [-0.25, -0.2) is 8.78 Å². The summed E-state index contributed by atoms with van der Waals surface area (Å²) in [5, 5.41) is 1.63. The summed E-state index contributed by atoms with van der Waals surface area (Å²) in [5.74, 6) is -1.49. The summed E-state index contributed by atoms with van der Waals surface area (Å²) in [4.78, 5) is 12.3. The van der Waals surface area contributed by atoms with Crippen LogP contribution < -0.4 is 4.74 Å². The quantitative estimate of drug-likeness (QED) is 0.626. The van der Waals surface area contributed by atoms with Crippen LogP contribution in [-0.2, 0) is 0 Å². The lowest BCUT2D eigenvalue weighted by Gasteiger charge is -2.02. The smallest absolute Gasteiger partial charge is 0.206 e. The first kappa shape index (κ1) is 13.2. The van der Waals surface area contributed by atoms with Crippen molar-refractivity contribution in [1.82, 2.24) is 0 Å². The van der Waals surface area contributed by atoms with E-state index in [4.69, 9.17) is 4.74 Å². The zero-order valence-electron chi connectivity index (χ0n) is 9.17. The fourth-order valence-corrected chi connectivity index (χ4v) is 2.50. The normalized spacial score (nSPS) is 10.4.